The highest BCUT2D eigenvalue weighted by Gasteiger charge is 2.26. The number of aromatic nitrogens is 1. The Balaban J connectivity index is 1.61. The van der Waals surface area contributed by atoms with E-state index in [1.807, 2.05) is 12.1 Å². The van der Waals surface area contributed by atoms with Gasteiger partial charge in [0.25, 0.3) is 0 Å². The van der Waals surface area contributed by atoms with Gasteiger partial charge in [-0.2, -0.15) is 11.8 Å². The second-order valence-electron chi connectivity index (χ2n) is 7.45. The lowest BCUT2D eigenvalue weighted by molar-refractivity contribution is -0.0235. The van der Waals surface area contributed by atoms with Crippen molar-refractivity contribution in [3.63, 3.8) is 0 Å². The third-order valence-corrected chi connectivity index (χ3v) is 6.90. The number of piperidine rings is 1. The quantitative estimate of drug-likeness (QED) is 0.459. The molecule has 1 aromatic heterocycles. The largest absolute Gasteiger partial charge is 0.493 e. The maximum absolute atomic E-state index is 6.68. The fourth-order valence-corrected chi connectivity index (χ4v) is 4.89. The van der Waals surface area contributed by atoms with Gasteiger partial charge in [-0.15, -0.1) is 11.3 Å². The molecule has 0 bridgehead atoms. The number of likely N-dealkylation sites (tertiary alicyclic amines) is 1. The van der Waals surface area contributed by atoms with Gasteiger partial charge in [-0.1, -0.05) is 24.3 Å². The Hall–Kier alpha value is -1.60. The smallest absolute Gasteiger partial charge is 0.135 e. The number of ether oxygens (including phenoxy) is 2. The van der Waals surface area contributed by atoms with E-state index < -0.39 is 0 Å². The second-order valence-corrected chi connectivity index (χ2v) is 9.50. The molecule has 1 unspecified atom stereocenters. The first-order valence-corrected chi connectivity index (χ1v) is 12.3. The zero-order valence-corrected chi connectivity index (χ0v) is 18.7. The van der Waals surface area contributed by atoms with E-state index in [9.17, 15) is 0 Å². The van der Waals surface area contributed by atoms with Crippen molar-refractivity contribution in [1.29, 1.82) is 0 Å². The third kappa shape index (κ3) is 5.31. The van der Waals surface area contributed by atoms with Gasteiger partial charge in [0.2, 0.25) is 0 Å². The Bertz CT molecular complexity index is 889. The lowest BCUT2D eigenvalue weighted by Gasteiger charge is -2.31. The maximum Gasteiger partial charge on any atom is 0.135 e. The zero-order chi connectivity index (χ0) is 20.1. The van der Waals surface area contributed by atoms with Gasteiger partial charge in [-0.25, -0.2) is 4.98 Å². The summed E-state index contributed by atoms with van der Waals surface area (Å²) in [5.41, 5.74) is 2.15. The Morgan fingerprint density at radius 3 is 2.79 bits per heavy atom. The van der Waals surface area contributed by atoms with Gasteiger partial charge in [0.15, 0.2) is 0 Å². The first-order chi connectivity index (χ1) is 14.2. The van der Waals surface area contributed by atoms with Crippen LogP contribution in [-0.4, -0.2) is 54.7 Å². The van der Waals surface area contributed by atoms with Crippen LogP contribution in [0.4, 0.5) is 0 Å². The van der Waals surface area contributed by atoms with E-state index in [0.29, 0.717) is 6.61 Å². The molecule has 1 aliphatic rings. The standard InChI is InChI=1S/C23H28N2O2S2/c1-25-12-10-18(11-13-25)27-22(23-24-20-8-3-4-9-21(20)29-23)17-6-5-7-19(16-17)26-14-15-28-2/h3-9,16,18,22H,10-15H2,1-2H3. The molecule has 154 valence electrons. The van der Waals surface area contributed by atoms with Gasteiger partial charge in [-0.05, 0) is 56.0 Å². The summed E-state index contributed by atoms with van der Waals surface area (Å²) in [6, 6.07) is 16.6. The number of rotatable bonds is 8. The first kappa shape index (κ1) is 20.7. The van der Waals surface area contributed by atoms with Crippen LogP contribution in [0.5, 0.6) is 5.75 Å². The molecule has 1 fully saturated rings. The highest BCUT2D eigenvalue weighted by molar-refractivity contribution is 7.98. The molecule has 0 radical (unpaired) electrons. The number of hydrogen-bond donors (Lipinski definition) is 0. The van der Waals surface area contributed by atoms with Crippen molar-refractivity contribution in [1.82, 2.24) is 9.88 Å². The molecule has 4 nitrogen and oxygen atoms in total. The Morgan fingerprint density at radius 2 is 2.00 bits per heavy atom. The van der Waals surface area contributed by atoms with E-state index in [4.69, 9.17) is 14.5 Å². The number of nitrogens with zero attached hydrogens (tertiary/aromatic N) is 2. The Morgan fingerprint density at radius 1 is 1.17 bits per heavy atom. The molecule has 29 heavy (non-hydrogen) atoms. The van der Waals surface area contributed by atoms with Crippen molar-refractivity contribution in [2.45, 2.75) is 25.0 Å². The molecule has 3 aromatic rings. The van der Waals surface area contributed by atoms with Crippen LogP contribution >= 0.6 is 23.1 Å². The van der Waals surface area contributed by atoms with E-state index in [-0.39, 0.29) is 12.2 Å². The highest BCUT2D eigenvalue weighted by atomic mass is 32.2. The number of para-hydroxylation sites is 1. The minimum atomic E-state index is -0.162. The minimum Gasteiger partial charge on any atom is -0.493 e. The van der Waals surface area contributed by atoms with E-state index in [1.54, 1.807) is 23.1 Å². The van der Waals surface area contributed by atoms with Crippen LogP contribution in [-0.2, 0) is 4.74 Å². The van der Waals surface area contributed by atoms with Crippen molar-refractivity contribution < 1.29 is 9.47 Å². The van der Waals surface area contributed by atoms with Crippen LogP contribution in [0.2, 0.25) is 0 Å². The highest BCUT2D eigenvalue weighted by Crippen LogP contribution is 2.36. The van der Waals surface area contributed by atoms with Crippen molar-refractivity contribution in [3.05, 3.63) is 59.1 Å². The van der Waals surface area contributed by atoms with Gasteiger partial charge < -0.3 is 14.4 Å². The molecule has 0 amide bonds. The van der Waals surface area contributed by atoms with Crippen LogP contribution in [0.15, 0.2) is 48.5 Å². The third-order valence-electron chi connectivity index (χ3n) is 5.25. The van der Waals surface area contributed by atoms with Crippen molar-refractivity contribution in [2.75, 3.05) is 38.8 Å². The molecule has 1 saturated heterocycles. The molecule has 0 saturated carbocycles. The van der Waals surface area contributed by atoms with Gasteiger partial charge >= 0.3 is 0 Å². The van der Waals surface area contributed by atoms with Crippen LogP contribution in [0.3, 0.4) is 0 Å². The lowest BCUT2D eigenvalue weighted by atomic mass is 10.1. The lowest BCUT2D eigenvalue weighted by Crippen LogP contribution is -2.35. The average molecular weight is 429 g/mol. The fourth-order valence-electron chi connectivity index (χ4n) is 3.61. The molecular weight excluding hydrogens is 400 g/mol. The number of hydrogen-bond acceptors (Lipinski definition) is 6. The molecule has 1 atom stereocenters. The zero-order valence-electron chi connectivity index (χ0n) is 17.0. The minimum absolute atomic E-state index is 0.162. The topological polar surface area (TPSA) is 34.6 Å². The van der Waals surface area contributed by atoms with Gasteiger partial charge in [-0.3, -0.25) is 0 Å². The predicted octanol–water partition coefficient (Wildman–Crippen LogP) is 5.24. The number of fused-ring (bicyclic) bond motifs is 1. The van der Waals surface area contributed by atoms with Crippen LogP contribution in [0.1, 0.15) is 29.5 Å². The summed E-state index contributed by atoms with van der Waals surface area (Å²) >= 11 is 3.52. The molecule has 6 heteroatoms. The molecule has 0 aliphatic carbocycles. The fraction of sp³-hybridized carbons (Fsp3) is 0.435. The number of thiazole rings is 1. The van der Waals surface area contributed by atoms with E-state index >= 15 is 0 Å². The SMILES string of the molecule is CSCCOc1cccc(C(OC2CCN(C)CC2)c2nc3ccccc3s2)c1. The van der Waals surface area contributed by atoms with E-state index in [0.717, 1.165) is 53.5 Å². The average Bonchev–Trinajstić information content (AvgIpc) is 3.17. The molecule has 0 spiro atoms. The molecule has 4 rings (SSSR count). The van der Waals surface area contributed by atoms with Gasteiger partial charge in [0.05, 0.1) is 22.9 Å². The molecule has 2 aromatic carbocycles. The summed E-state index contributed by atoms with van der Waals surface area (Å²) in [6.45, 7) is 2.87. The second kappa shape index (κ2) is 9.94. The van der Waals surface area contributed by atoms with Gasteiger partial charge in [0, 0.05) is 18.8 Å². The van der Waals surface area contributed by atoms with E-state index in [2.05, 4.69) is 54.6 Å². The molecule has 0 N–H and O–H groups in total. The Labute approximate surface area is 181 Å². The first-order valence-electron chi connectivity index (χ1n) is 10.1. The molecule has 1 aliphatic heterocycles. The van der Waals surface area contributed by atoms with E-state index in [1.165, 1.54) is 4.70 Å². The number of thioether (sulfide) groups is 1. The van der Waals surface area contributed by atoms with Crippen molar-refractivity contribution in [2.24, 2.45) is 0 Å². The summed E-state index contributed by atoms with van der Waals surface area (Å²) in [5.74, 6) is 1.88. The summed E-state index contributed by atoms with van der Waals surface area (Å²) in [4.78, 5) is 7.28. The summed E-state index contributed by atoms with van der Waals surface area (Å²) in [7, 11) is 2.18. The van der Waals surface area contributed by atoms with Gasteiger partial charge in [0.1, 0.15) is 16.9 Å². The maximum atomic E-state index is 6.68. The molecule has 2 heterocycles. The summed E-state index contributed by atoms with van der Waals surface area (Å²) in [6.07, 6.45) is 4.30. The predicted molar refractivity (Wildman–Crippen MR) is 123 cm³/mol. The summed E-state index contributed by atoms with van der Waals surface area (Å²) in [5, 5.41) is 1.02. The van der Waals surface area contributed by atoms with Crippen molar-refractivity contribution >= 4 is 33.3 Å². The van der Waals surface area contributed by atoms with Crippen LogP contribution < -0.4 is 4.74 Å². The Kier molecular flexibility index (Phi) is 7.08. The number of benzene rings is 2. The normalized spacial score (nSPS) is 16.9. The van der Waals surface area contributed by atoms with Crippen LogP contribution in [0.25, 0.3) is 10.2 Å². The van der Waals surface area contributed by atoms with Crippen LogP contribution in [0, 0.1) is 0 Å². The molecular formula is C23H28N2O2S2. The van der Waals surface area contributed by atoms with Crippen molar-refractivity contribution in [3.8, 4) is 5.75 Å². The monoisotopic (exact) mass is 428 g/mol. The summed E-state index contributed by atoms with van der Waals surface area (Å²) < 4.78 is 13.8.